The van der Waals surface area contributed by atoms with Gasteiger partial charge in [-0.2, -0.15) is 0 Å². The monoisotopic (exact) mass is 246 g/mol. The Balaban J connectivity index is 1.85. The number of nitrogens with zero attached hydrogens (tertiary/aromatic N) is 1. The van der Waals surface area contributed by atoms with Gasteiger partial charge in [-0.05, 0) is 41.8 Å². The average Bonchev–Trinajstić information content (AvgIpc) is 2.94. The summed E-state index contributed by atoms with van der Waals surface area (Å²) in [6, 6.07) is 17.1. The van der Waals surface area contributed by atoms with Crippen molar-refractivity contribution in [3.05, 3.63) is 60.3 Å². The summed E-state index contributed by atoms with van der Waals surface area (Å²) in [5.41, 5.74) is 6.17. The van der Waals surface area contributed by atoms with Gasteiger partial charge in [0.05, 0.1) is 5.52 Å². The number of hydrogen-bond donors (Lipinski definition) is 1. The molecule has 2 aromatic carbocycles. The number of benzene rings is 2. The van der Waals surface area contributed by atoms with Gasteiger partial charge in [0, 0.05) is 29.4 Å². The lowest BCUT2D eigenvalue weighted by Gasteiger charge is -2.06. The van der Waals surface area contributed by atoms with Crippen LogP contribution in [0.2, 0.25) is 0 Å². The maximum Gasteiger partial charge on any atom is 0.0702 e. The van der Waals surface area contributed by atoms with Crippen molar-refractivity contribution in [3.63, 3.8) is 0 Å². The summed E-state index contributed by atoms with van der Waals surface area (Å²) in [6.07, 6.45) is 3.08. The van der Waals surface area contributed by atoms with Gasteiger partial charge in [0.15, 0.2) is 0 Å². The van der Waals surface area contributed by atoms with Crippen molar-refractivity contribution in [3.8, 4) is 11.1 Å². The van der Waals surface area contributed by atoms with E-state index in [9.17, 15) is 0 Å². The highest BCUT2D eigenvalue weighted by Crippen LogP contribution is 2.29. The van der Waals surface area contributed by atoms with Crippen LogP contribution in [0.5, 0.6) is 0 Å². The average molecular weight is 246 g/mol. The smallest absolute Gasteiger partial charge is 0.0702 e. The molecule has 4 rings (SSSR count). The first-order valence-electron chi connectivity index (χ1n) is 6.62. The largest absolute Gasteiger partial charge is 0.384 e. The summed E-state index contributed by atoms with van der Waals surface area (Å²) in [6.45, 7) is 1.05. The van der Waals surface area contributed by atoms with E-state index in [2.05, 4.69) is 46.7 Å². The highest BCUT2D eigenvalue weighted by molar-refractivity contribution is 5.84. The predicted molar refractivity (Wildman–Crippen MR) is 79.4 cm³/mol. The Bertz CT molecular complexity index is 762. The minimum Gasteiger partial charge on any atom is -0.384 e. The SMILES string of the molecule is c1ccc2ncc(-c3ccc4c(c3)CCN4)cc2c1. The Morgan fingerprint density at radius 3 is 2.89 bits per heavy atom. The number of pyridine rings is 1. The molecule has 0 spiro atoms. The van der Waals surface area contributed by atoms with Crippen molar-refractivity contribution in [2.75, 3.05) is 11.9 Å². The predicted octanol–water partition coefficient (Wildman–Crippen LogP) is 3.87. The fourth-order valence-corrected chi connectivity index (χ4v) is 2.71. The van der Waals surface area contributed by atoms with E-state index in [1.807, 2.05) is 18.3 Å². The van der Waals surface area contributed by atoms with Gasteiger partial charge in [0.25, 0.3) is 0 Å². The zero-order valence-electron chi connectivity index (χ0n) is 10.6. The highest BCUT2D eigenvalue weighted by atomic mass is 14.9. The van der Waals surface area contributed by atoms with Gasteiger partial charge >= 0.3 is 0 Å². The van der Waals surface area contributed by atoms with Crippen LogP contribution in [0.25, 0.3) is 22.0 Å². The van der Waals surface area contributed by atoms with Crippen molar-refractivity contribution in [2.45, 2.75) is 6.42 Å². The first kappa shape index (κ1) is 10.6. The van der Waals surface area contributed by atoms with Crippen LogP contribution in [0.3, 0.4) is 0 Å². The van der Waals surface area contributed by atoms with E-state index in [1.165, 1.54) is 27.8 Å². The van der Waals surface area contributed by atoms with Gasteiger partial charge in [0.1, 0.15) is 0 Å². The zero-order chi connectivity index (χ0) is 12.7. The number of anilines is 1. The number of fused-ring (bicyclic) bond motifs is 2. The molecular formula is C17H14N2. The molecule has 19 heavy (non-hydrogen) atoms. The number of hydrogen-bond acceptors (Lipinski definition) is 2. The number of nitrogens with one attached hydrogen (secondary N) is 1. The van der Waals surface area contributed by atoms with Crippen LogP contribution >= 0.6 is 0 Å². The summed E-state index contributed by atoms with van der Waals surface area (Å²) in [4.78, 5) is 4.54. The standard InChI is InChI=1S/C17H14N2/c1-2-4-16-13(3-1)10-15(11-19-16)12-5-6-17-14(9-12)7-8-18-17/h1-6,9-11,18H,7-8H2. The molecule has 3 aromatic rings. The molecule has 1 aliphatic rings. The maximum absolute atomic E-state index is 4.54. The van der Waals surface area contributed by atoms with Crippen molar-refractivity contribution in [2.24, 2.45) is 0 Å². The second kappa shape index (κ2) is 4.09. The van der Waals surface area contributed by atoms with Crippen molar-refractivity contribution >= 4 is 16.6 Å². The molecule has 2 nitrogen and oxygen atoms in total. The molecule has 1 N–H and O–H groups in total. The second-order valence-corrected chi connectivity index (χ2v) is 4.97. The van der Waals surface area contributed by atoms with Gasteiger partial charge in [-0.15, -0.1) is 0 Å². The minimum atomic E-state index is 1.05. The lowest BCUT2D eigenvalue weighted by molar-refractivity contribution is 1.11. The van der Waals surface area contributed by atoms with Crippen LogP contribution in [-0.4, -0.2) is 11.5 Å². The molecule has 0 fully saturated rings. The Morgan fingerprint density at radius 1 is 0.947 bits per heavy atom. The van der Waals surface area contributed by atoms with Crippen LogP contribution in [-0.2, 0) is 6.42 Å². The molecule has 0 aliphatic carbocycles. The fourth-order valence-electron chi connectivity index (χ4n) is 2.71. The van der Waals surface area contributed by atoms with Gasteiger partial charge in [0.2, 0.25) is 0 Å². The Hall–Kier alpha value is -2.35. The first-order chi connectivity index (χ1) is 9.40. The van der Waals surface area contributed by atoms with E-state index in [0.717, 1.165) is 18.5 Å². The normalized spacial score (nSPS) is 13.3. The van der Waals surface area contributed by atoms with Gasteiger partial charge < -0.3 is 5.32 Å². The van der Waals surface area contributed by atoms with E-state index < -0.39 is 0 Å². The highest BCUT2D eigenvalue weighted by Gasteiger charge is 2.10. The zero-order valence-corrected chi connectivity index (χ0v) is 10.6. The van der Waals surface area contributed by atoms with E-state index in [4.69, 9.17) is 0 Å². The lowest BCUT2D eigenvalue weighted by atomic mass is 10.0. The fraction of sp³-hybridized carbons (Fsp3) is 0.118. The molecule has 0 atom stereocenters. The molecule has 0 saturated carbocycles. The Kier molecular flexibility index (Phi) is 2.27. The third-order valence-corrected chi connectivity index (χ3v) is 3.74. The molecule has 0 saturated heterocycles. The molecule has 1 aromatic heterocycles. The van der Waals surface area contributed by atoms with E-state index in [-0.39, 0.29) is 0 Å². The Morgan fingerprint density at radius 2 is 1.89 bits per heavy atom. The molecule has 0 bridgehead atoms. The molecule has 0 radical (unpaired) electrons. The van der Waals surface area contributed by atoms with Crippen molar-refractivity contribution < 1.29 is 0 Å². The summed E-state index contributed by atoms with van der Waals surface area (Å²) in [5, 5.41) is 4.59. The summed E-state index contributed by atoms with van der Waals surface area (Å²) >= 11 is 0. The topological polar surface area (TPSA) is 24.9 Å². The third kappa shape index (κ3) is 1.76. The van der Waals surface area contributed by atoms with Crippen LogP contribution in [0.1, 0.15) is 5.56 Å². The van der Waals surface area contributed by atoms with E-state index >= 15 is 0 Å². The lowest BCUT2D eigenvalue weighted by Crippen LogP contribution is -1.90. The number of para-hydroxylation sites is 1. The molecular weight excluding hydrogens is 232 g/mol. The van der Waals surface area contributed by atoms with Crippen molar-refractivity contribution in [1.82, 2.24) is 4.98 Å². The van der Waals surface area contributed by atoms with E-state index in [0.29, 0.717) is 0 Å². The minimum absolute atomic E-state index is 1.05. The molecule has 2 heterocycles. The Labute approximate surface area is 112 Å². The van der Waals surface area contributed by atoms with Crippen molar-refractivity contribution in [1.29, 1.82) is 0 Å². The van der Waals surface area contributed by atoms with Crippen LogP contribution in [0.15, 0.2) is 54.7 Å². The third-order valence-electron chi connectivity index (χ3n) is 3.74. The second-order valence-electron chi connectivity index (χ2n) is 4.97. The molecule has 92 valence electrons. The van der Waals surface area contributed by atoms with Gasteiger partial charge in [-0.3, -0.25) is 4.98 Å². The van der Waals surface area contributed by atoms with Crippen LogP contribution in [0.4, 0.5) is 5.69 Å². The summed E-state index contributed by atoms with van der Waals surface area (Å²) in [7, 11) is 0. The molecule has 0 unspecified atom stereocenters. The van der Waals surface area contributed by atoms with Gasteiger partial charge in [-0.1, -0.05) is 24.3 Å². The van der Waals surface area contributed by atoms with E-state index in [1.54, 1.807) is 0 Å². The van der Waals surface area contributed by atoms with Crippen LogP contribution < -0.4 is 5.32 Å². The first-order valence-corrected chi connectivity index (χ1v) is 6.62. The maximum atomic E-state index is 4.54. The summed E-state index contributed by atoms with van der Waals surface area (Å²) in [5.74, 6) is 0. The number of aromatic nitrogens is 1. The summed E-state index contributed by atoms with van der Waals surface area (Å²) < 4.78 is 0. The van der Waals surface area contributed by atoms with Crippen LogP contribution in [0, 0.1) is 0 Å². The van der Waals surface area contributed by atoms with Gasteiger partial charge in [-0.25, -0.2) is 0 Å². The number of rotatable bonds is 1. The molecule has 0 amide bonds. The molecule has 2 heteroatoms. The molecule has 1 aliphatic heterocycles. The quantitative estimate of drug-likeness (QED) is 0.705.